The number of benzene rings is 2. The van der Waals surface area contributed by atoms with Crippen molar-refractivity contribution in [2.24, 2.45) is 0 Å². The van der Waals surface area contributed by atoms with Crippen LogP contribution < -0.4 is 5.32 Å². The summed E-state index contributed by atoms with van der Waals surface area (Å²) in [5, 5.41) is 12.8. The first-order valence-electron chi connectivity index (χ1n) is 6.21. The van der Waals surface area contributed by atoms with E-state index < -0.39 is 0 Å². The van der Waals surface area contributed by atoms with E-state index in [2.05, 4.69) is 36.5 Å². The molecule has 0 radical (unpaired) electrons. The maximum absolute atomic E-state index is 9.49. The standard InChI is InChI=1S/C16H19NO/c1-12-5-3-7-14(9-12)16(17-2)11-13-6-4-8-15(18)10-13/h3-10,16-18H,11H2,1-2H3. The van der Waals surface area contributed by atoms with Crippen molar-refractivity contribution in [3.63, 3.8) is 0 Å². The minimum Gasteiger partial charge on any atom is -0.508 e. The molecule has 0 spiro atoms. The minimum atomic E-state index is 0.270. The average molecular weight is 241 g/mol. The third-order valence-corrected chi connectivity index (χ3v) is 3.14. The average Bonchev–Trinajstić information content (AvgIpc) is 2.36. The zero-order valence-corrected chi connectivity index (χ0v) is 10.9. The van der Waals surface area contributed by atoms with Crippen LogP contribution in [0.2, 0.25) is 0 Å². The van der Waals surface area contributed by atoms with Crippen molar-refractivity contribution in [1.29, 1.82) is 0 Å². The quantitative estimate of drug-likeness (QED) is 0.861. The lowest BCUT2D eigenvalue weighted by Gasteiger charge is -2.17. The molecule has 0 saturated heterocycles. The molecule has 0 fully saturated rings. The highest BCUT2D eigenvalue weighted by molar-refractivity contribution is 5.31. The Labute approximate surface area is 108 Å². The van der Waals surface area contributed by atoms with Crippen molar-refractivity contribution in [1.82, 2.24) is 5.32 Å². The van der Waals surface area contributed by atoms with E-state index in [4.69, 9.17) is 0 Å². The van der Waals surface area contributed by atoms with Gasteiger partial charge >= 0.3 is 0 Å². The van der Waals surface area contributed by atoms with Gasteiger partial charge in [-0.1, -0.05) is 42.0 Å². The van der Waals surface area contributed by atoms with Gasteiger partial charge in [0.05, 0.1) is 0 Å². The van der Waals surface area contributed by atoms with Gasteiger partial charge < -0.3 is 10.4 Å². The monoisotopic (exact) mass is 241 g/mol. The fourth-order valence-electron chi connectivity index (χ4n) is 2.19. The van der Waals surface area contributed by atoms with Gasteiger partial charge in [0, 0.05) is 6.04 Å². The third kappa shape index (κ3) is 3.11. The number of phenolic OH excluding ortho intramolecular Hbond substituents is 1. The van der Waals surface area contributed by atoms with Gasteiger partial charge in [-0.2, -0.15) is 0 Å². The predicted octanol–water partition coefficient (Wildman–Crippen LogP) is 3.20. The molecular formula is C16H19NO. The van der Waals surface area contributed by atoms with E-state index in [0.29, 0.717) is 5.75 Å². The Hall–Kier alpha value is -1.80. The second-order valence-corrected chi connectivity index (χ2v) is 4.63. The van der Waals surface area contributed by atoms with Crippen LogP contribution in [0.25, 0.3) is 0 Å². The van der Waals surface area contributed by atoms with Crippen LogP contribution >= 0.6 is 0 Å². The van der Waals surface area contributed by atoms with Crippen molar-refractivity contribution in [3.8, 4) is 5.75 Å². The molecule has 0 bridgehead atoms. The van der Waals surface area contributed by atoms with E-state index in [1.165, 1.54) is 11.1 Å². The molecule has 2 aromatic rings. The lowest BCUT2D eigenvalue weighted by molar-refractivity contribution is 0.473. The Morgan fingerprint density at radius 1 is 1.11 bits per heavy atom. The summed E-state index contributed by atoms with van der Waals surface area (Å²) in [6.07, 6.45) is 0.869. The van der Waals surface area contributed by atoms with E-state index in [1.54, 1.807) is 6.07 Å². The number of rotatable bonds is 4. The highest BCUT2D eigenvalue weighted by Crippen LogP contribution is 2.21. The first kappa shape index (κ1) is 12.7. The predicted molar refractivity (Wildman–Crippen MR) is 74.8 cm³/mol. The van der Waals surface area contributed by atoms with Gasteiger partial charge in [-0.05, 0) is 43.7 Å². The second-order valence-electron chi connectivity index (χ2n) is 4.63. The van der Waals surface area contributed by atoms with Crippen molar-refractivity contribution in [3.05, 3.63) is 65.2 Å². The van der Waals surface area contributed by atoms with E-state index >= 15 is 0 Å². The van der Waals surface area contributed by atoms with Gasteiger partial charge in [0.25, 0.3) is 0 Å². The van der Waals surface area contributed by atoms with Gasteiger partial charge in [0.2, 0.25) is 0 Å². The Balaban J connectivity index is 2.19. The molecule has 0 aromatic heterocycles. The molecule has 2 N–H and O–H groups in total. The third-order valence-electron chi connectivity index (χ3n) is 3.14. The molecule has 2 rings (SSSR count). The van der Waals surface area contributed by atoms with E-state index in [0.717, 1.165) is 12.0 Å². The number of hydrogen-bond acceptors (Lipinski definition) is 2. The molecule has 0 saturated carbocycles. The Bertz CT molecular complexity index is 522. The van der Waals surface area contributed by atoms with Gasteiger partial charge in [-0.25, -0.2) is 0 Å². The number of nitrogens with one attached hydrogen (secondary N) is 1. The Morgan fingerprint density at radius 3 is 2.56 bits per heavy atom. The summed E-state index contributed by atoms with van der Waals surface area (Å²) in [5.41, 5.74) is 3.68. The molecule has 0 aliphatic carbocycles. The molecule has 0 heterocycles. The van der Waals surface area contributed by atoms with Gasteiger partial charge in [-0.3, -0.25) is 0 Å². The van der Waals surface area contributed by atoms with Crippen LogP contribution in [-0.2, 0) is 6.42 Å². The molecule has 0 amide bonds. The molecule has 1 unspecified atom stereocenters. The van der Waals surface area contributed by atoms with E-state index in [-0.39, 0.29) is 6.04 Å². The van der Waals surface area contributed by atoms with E-state index in [9.17, 15) is 5.11 Å². The molecule has 2 aromatic carbocycles. The van der Waals surface area contributed by atoms with Crippen LogP contribution in [0.5, 0.6) is 5.75 Å². The zero-order chi connectivity index (χ0) is 13.0. The maximum Gasteiger partial charge on any atom is 0.115 e. The van der Waals surface area contributed by atoms with Crippen molar-refractivity contribution < 1.29 is 5.11 Å². The van der Waals surface area contributed by atoms with Crippen LogP contribution in [-0.4, -0.2) is 12.2 Å². The number of hydrogen-bond donors (Lipinski definition) is 2. The van der Waals surface area contributed by atoms with Gasteiger partial charge in [0.1, 0.15) is 5.75 Å². The summed E-state index contributed by atoms with van der Waals surface area (Å²) >= 11 is 0. The van der Waals surface area contributed by atoms with Crippen LogP contribution in [0.15, 0.2) is 48.5 Å². The Morgan fingerprint density at radius 2 is 1.89 bits per heavy atom. The molecule has 1 atom stereocenters. The van der Waals surface area contributed by atoms with Crippen molar-refractivity contribution in [2.45, 2.75) is 19.4 Å². The van der Waals surface area contributed by atoms with Crippen LogP contribution in [0, 0.1) is 6.92 Å². The highest BCUT2D eigenvalue weighted by Gasteiger charge is 2.10. The number of aryl methyl sites for hydroxylation is 1. The SMILES string of the molecule is CNC(Cc1cccc(O)c1)c1cccc(C)c1. The second kappa shape index (κ2) is 5.69. The number of aromatic hydroxyl groups is 1. The first-order valence-corrected chi connectivity index (χ1v) is 6.21. The molecule has 0 aliphatic rings. The molecule has 18 heavy (non-hydrogen) atoms. The lowest BCUT2D eigenvalue weighted by atomic mass is 9.97. The lowest BCUT2D eigenvalue weighted by Crippen LogP contribution is -2.18. The fourth-order valence-corrected chi connectivity index (χ4v) is 2.19. The largest absolute Gasteiger partial charge is 0.508 e. The zero-order valence-electron chi connectivity index (χ0n) is 10.9. The number of phenols is 1. The first-order chi connectivity index (χ1) is 8.69. The highest BCUT2D eigenvalue weighted by atomic mass is 16.3. The summed E-state index contributed by atoms with van der Waals surface area (Å²) in [4.78, 5) is 0. The molecule has 2 heteroatoms. The summed E-state index contributed by atoms with van der Waals surface area (Å²) < 4.78 is 0. The molecule has 2 nitrogen and oxygen atoms in total. The molecule has 0 aliphatic heterocycles. The molecule has 94 valence electrons. The van der Waals surface area contributed by atoms with Gasteiger partial charge in [0.15, 0.2) is 0 Å². The Kier molecular flexibility index (Phi) is 4.00. The maximum atomic E-state index is 9.49. The topological polar surface area (TPSA) is 32.3 Å². The fraction of sp³-hybridized carbons (Fsp3) is 0.250. The summed E-state index contributed by atoms with van der Waals surface area (Å²) in [6.45, 7) is 2.10. The van der Waals surface area contributed by atoms with Crippen LogP contribution in [0.3, 0.4) is 0 Å². The van der Waals surface area contributed by atoms with Gasteiger partial charge in [-0.15, -0.1) is 0 Å². The number of likely N-dealkylation sites (N-methyl/N-ethyl adjacent to an activating group) is 1. The summed E-state index contributed by atoms with van der Waals surface area (Å²) in [6, 6.07) is 16.2. The van der Waals surface area contributed by atoms with Crippen molar-refractivity contribution >= 4 is 0 Å². The minimum absolute atomic E-state index is 0.270. The van der Waals surface area contributed by atoms with Crippen LogP contribution in [0.4, 0.5) is 0 Å². The summed E-state index contributed by atoms with van der Waals surface area (Å²) in [7, 11) is 1.97. The van der Waals surface area contributed by atoms with Crippen LogP contribution in [0.1, 0.15) is 22.7 Å². The van der Waals surface area contributed by atoms with E-state index in [1.807, 2.05) is 25.2 Å². The molecular weight excluding hydrogens is 222 g/mol. The smallest absolute Gasteiger partial charge is 0.115 e. The summed E-state index contributed by atoms with van der Waals surface area (Å²) in [5.74, 6) is 0.326. The normalized spacial score (nSPS) is 12.3. The van der Waals surface area contributed by atoms with Crippen molar-refractivity contribution in [2.75, 3.05) is 7.05 Å².